The molecule has 1 aromatic carbocycles. The highest BCUT2D eigenvalue weighted by Gasteiger charge is 2.21. The topological polar surface area (TPSA) is 21.3 Å². The lowest BCUT2D eigenvalue weighted by atomic mass is 9.97. The molecular formula is C16H22ClNO. The van der Waals surface area contributed by atoms with E-state index in [1.165, 1.54) is 30.4 Å². The van der Waals surface area contributed by atoms with Crippen LogP contribution in [-0.4, -0.2) is 13.7 Å². The van der Waals surface area contributed by atoms with E-state index in [0.717, 1.165) is 23.7 Å². The first-order valence-corrected chi connectivity index (χ1v) is 7.39. The van der Waals surface area contributed by atoms with Crippen molar-refractivity contribution in [3.05, 3.63) is 40.4 Å². The van der Waals surface area contributed by atoms with Gasteiger partial charge in [0, 0.05) is 10.6 Å². The summed E-state index contributed by atoms with van der Waals surface area (Å²) in [6, 6.07) is 6.17. The third kappa shape index (κ3) is 3.52. The van der Waals surface area contributed by atoms with Crippen LogP contribution in [0.1, 0.15) is 44.2 Å². The van der Waals surface area contributed by atoms with E-state index >= 15 is 0 Å². The summed E-state index contributed by atoms with van der Waals surface area (Å²) < 4.78 is 5.50. The second-order valence-electron chi connectivity index (χ2n) is 4.94. The Bertz CT molecular complexity index is 456. The van der Waals surface area contributed by atoms with Gasteiger partial charge in [-0.2, -0.15) is 0 Å². The van der Waals surface area contributed by atoms with Gasteiger partial charge >= 0.3 is 0 Å². The summed E-state index contributed by atoms with van der Waals surface area (Å²) in [5, 5.41) is 4.35. The molecular weight excluding hydrogens is 258 g/mol. The number of benzene rings is 1. The minimum atomic E-state index is 0.259. The molecule has 1 aliphatic carbocycles. The molecule has 2 nitrogen and oxygen atoms in total. The smallest absolute Gasteiger partial charge is 0.125 e. The van der Waals surface area contributed by atoms with Crippen molar-refractivity contribution < 1.29 is 4.74 Å². The lowest BCUT2D eigenvalue weighted by Crippen LogP contribution is -2.24. The molecule has 0 fully saturated rings. The Morgan fingerprint density at radius 2 is 2.26 bits per heavy atom. The van der Waals surface area contributed by atoms with Crippen molar-refractivity contribution in [2.75, 3.05) is 13.7 Å². The molecule has 1 unspecified atom stereocenters. The molecule has 0 bridgehead atoms. The van der Waals surface area contributed by atoms with Crippen molar-refractivity contribution in [2.45, 2.75) is 38.6 Å². The molecule has 0 amide bonds. The van der Waals surface area contributed by atoms with Crippen molar-refractivity contribution in [3.8, 4) is 5.75 Å². The Kier molecular flexibility index (Phi) is 5.29. The highest BCUT2D eigenvalue weighted by Crippen LogP contribution is 2.36. The predicted molar refractivity (Wildman–Crippen MR) is 81.0 cm³/mol. The molecule has 1 atom stereocenters. The minimum Gasteiger partial charge on any atom is -0.496 e. The first-order chi connectivity index (χ1) is 9.26. The fourth-order valence-corrected chi connectivity index (χ4v) is 2.77. The zero-order valence-electron chi connectivity index (χ0n) is 11.7. The van der Waals surface area contributed by atoms with Gasteiger partial charge in [-0.25, -0.2) is 0 Å². The quantitative estimate of drug-likeness (QED) is 0.774. The first-order valence-electron chi connectivity index (χ1n) is 7.02. The van der Waals surface area contributed by atoms with Gasteiger partial charge in [0.05, 0.1) is 13.2 Å². The largest absolute Gasteiger partial charge is 0.496 e. The molecule has 0 aliphatic heterocycles. The van der Waals surface area contributed by atoms with Gasteiger partial charge in [-0.3, -0.25) is 0 Å². The molecule has 0 heterocycles. The second kappa shape index (κ2) is 6.97. The summed E-state index contributed by atoms with van der Waals surface area (Å²) in [4.78, 5) is 0. The van der Waals surface area contributed by atoms with Gasteiger partial charge in [-0.1, -0.05) is 36.2 Å². The molecule has 19 heavy (non-hydrogen) atoms. The van der Waals surface area contributed by atoms with Crippen molar-refractivity contribution in [1.29, 1.82) is 0 Å². The van der Waals surface area contributed by atoms with E-state index in [-0.39, 0.29) is 6.04 Å². The van der Waals surface area contributed by atoms with E-state index in [1.807, 2.05) is 12.1 Å². The summed E-state index contributed by atoms with van der Waals surface area (Å²) >= 11 is 6.05. The maximum atomic E-state index is 6.05. The average molecular weight is 280 g/mol. The van der Waals surface area contributed by atoms with Crippen LogP contribution in [0.2, 0.25) is 5.02 Å². The van der Waals surface area contributed by atoms with Gasteiger partial charge in [-0.05, 0) is 44.4 Å². The third-order valence-electron chi connectivity index (χ3n) is 3.55. The number of hydrogen-bond acceptors (Lipinski definition) is 2. The lowest BCUT2D eigenvalue weighted by Gasteiger charge is -2.23. The van der Waals surface area contributed by atoms with E-state index in [2.05, 4.69) is 24.4 Å². The van der Waals surface area contributed by atoms with Crippen LogP contribution in [0.3, 0.4) is 0 Å². The number of ether oxygens (including phenoxy) is 1. The minimum absolute atomic E-state index is 0.259. The maximum absolute atomic E-state index is 6.05. The Morgan fingerprint density at radius 3 is 2.89 bits per heavy atom. The van der Waals surface area contributed by atoms with Crippen LogP contribution >= 0.6 is 11.6 Å². The molecule has 1 aliphatic rings. The fraction of sp³-hybridized carbons (Fsp3) is 0.500. The van der Waals surface area contributed by atoms with Crippen LogP contribution in [0.5, 0.6) is 5.75 Å². The number of methoxy groups -OCH3 is 1. The van der Waals surface area contributed by atoms with Crippen LogP contribution in [0.25, 0.3) is 0 Å². The molecule has 2 rings (SSSR count). The molecule has 0 saturated carbocycles. The monoisotopic (exact) mass is 279 g/mol. The number of nitrogens with one attached hydrogen (secondary N) is 1. The molecule has 3 heteroatoms. The zero-order valence-corrected chi connectivity index (χ0v) is 12.5. The highest BCUT2D eigenvalue weighted by molar-refractivity contribution is 6.30. The van der Waals surface area contributed by atoms with Crippen LogP contribution in [0.15, 0.2) is 29.8 Å². The predicted octanol–water partition coefficient (Wildman–Crippen LogP) is 4.50. The summed E-state index contributed by atoms with van der Waals surface area (Å²) in [5.74, 6) is 0.869. The third-order valence-corrected chi connectivity index (χ3v) is 3.79. The van der Waals surface area contributed by atoms with Gasteiger partial charge in [0.1, 0.15) is 5.75 Å². The lowest BCUT2D eigenvalue weighted by molar-refractivity contribution is 0.403. The van der Waals surface area contributed by atoms with E-state index in [0.29, 0.717) is 0 Å². The summed E-state index contributed by atoms with van der Waals surface area (Å²) in [7, 11) is 1.70. The SMILES string of the molecule is CCCNC(C1=CCCC1)c1ccc(Cl)cc1OC. The Morgan fingerprint density at radius 1 is 1.42 bits per heavy atom. The molecule has 104 valence electrons. The van der Waals surface area contributed by atoms with Gasteiger partial charge in [0.25, 0.3) is 0 Å². The molecule has 1 N–H and O–H groups in total. The average Bonchev–Trinajstić information content (AvgIpc) is 2.94. The van der Waals surface area contributed by atoms with E-state index in [1.54, 1.807) is 7.11 Å². The number of rotatable bonds is 6. The number of hydrogen-bond donors (Lipinski definition) is 1. The highest BCUT2D eigenvalue weighted by atomic mass is 35.5. The summed E-state index contributed by atoms with van der Waals surface area (Å²) in [6.45, 7) is 3.19. The van der Waals surface area contributed by atoms with Gasteiger partial charge in [0.2, 0.25) is 0 Å². The molecule has 0 aromatic heterocycles. The molecule has 0 radical (unpaired) electrons. The van der Waals surface area contributed by atoms with E-state index in [9.17, 15) is 0 Å². The van der Waals surface area contributed by atoms with Crippen LogP contribution in [0.4, 0.5) is 0 Å². The zero-order chi connectivity index (χ0) is 13.7. The molecule has 0 spiro atoms. The second-order valence-corrected chi connectivity index (χ2v) is 5.38. The van der Waals surface area contributed by atoms with Crippen molar-refractivity contribution in [3.63, 3.8) is 0 Å². The van der Waals surface area contributed by atoms with Crippen molar-refractivity contribution >= 4 is 11.6 Å². The van der Waals surface area contributed by atoms with Crippen LogP contribution in [-0.2, 0) is 0 Å². The molecule has 1 aromatic rings. The van der Waals surface area contributed by atoms with Crippen LogP contribution in [0, 0.1) is 0 Å². The summed E-state index contributed by atoms with van der Waals surface area (Å²) in [5.41, 5.74) is 2.67. The van der Waals surface area contributed by atoms with Crippen LogP contribution < -0.4 is 10.1 Å². The number of halogens is 1. The number of allylic oxidation sites excluding steroid dienone is 1. The van der Waals surface area contributed by atoms with Gasteiger partial charge in [-0.15, -0.1) is 0 Å². The molecule has 0 saturated heterocycles. The Labute approximate surface area is 120 Å². The normalized spacial score (nSPS) is 16.3. The van der Waals surface area contributed by atoms with E-state index < -0.39 is 0 Å². The maximum Gasteiger partial charge on any atom is 0.125 e. The van der Waals surface area contributed by atoms with Crippen molar-refractivity contribution in [2.24, 2.45) is 0 Å². The first kappa shape index (κ1) is 14.4. The van der Waals surface area contributed by atoms with E-state index in [4.69, 9.17) is 16.3 Å². The van der Waals surface area contributed by atoms with Crippen molar-refractivity contribution in [1.82, 2.24) is 5.32 Å². The van der Waals surface area contributed by atoms with Gasteiger partial charge in [0.15, 0.2) is 0 Å². The standard InChI is InChI=1S/C16H22ClNO/c1-3-10-18-16(12-6-4-5-7-12)14-9-8-13(17)11-15(14)19-2/h6,8-9,11,16,18H,3-5,7,10H2,1-2H3. The van der Waals surface area contributed by atoms with Gasteiger partial charge < -0.3 is 10.1 Å². The Hall–Kier alpha value is -0.990. The Balaban J connectivity index is 2.31. The fourth-order valence-electron chi connectivity index (χ4n) is 2.61. The summed E-state index contributed by atoms with van der Waals surface area (Å²) in [6.07, 6.45) is 7.11.